The maximum absolute atomic E-state index is 4.07. The molecule has 1 aromatic heterocycles. The lowest BCUT2D eigenvalue weighted by Gasteiger charge is -2.00. The average molecular weight is 170 g/mol. The van der Waals surface area contributed by atoms with E-state index in [1.54, 1.807) is 17.5 Å². The van der Waals surface area contributed by atoms with Crippen molar-refractivity contribution < 1.29 is 0 Å². The summed E-state index contributed by atoms with van der Waals surface area (Å²) < 4.78 is 5.39. The smallest absolute Gasteiger partial charge is 0.0640 e. The fraction of sp³-hybridized carbons (Fsp3) is 0. The van der Waals surface area contributed by atoms with Gasteiger partial charge in [-0.15, -0.1) is 15.9 Å². The summed E-state index contributed by atoms with van der Waals surface area (Å²) >= 11 is 1.34. The summed E-state index contributed by atoms with van der Waals surface area (Å²) in [5.74, 6) is 0. The van der Waals surface area contributed by atoms with Crippen LogP contribution in [0.5, 0.6) is 0 Å². The highest BCUT2D eigenvalue weighted by Crippen LogP contribution is 2.44. The molecule has 4 heteroatoms. The van der Waals surface area contributed by atoms with Gasteiger partial charge in [0.05, 0.1) is 10.4 Å². The van der Waals surface area contributed by atoms with E-state index < -0.39 is 11.1 Å². The minimum atomic E-state index is -0.407. The maximum atomic E-state index is 4.07. The van der Waals surface area contributed by atoms with Gasteiger partial charge < -0.3 is 0 Å². The zero-order valence-corrected chi connectivity index (χ0v) is 6.85. The summed E-state index contributed by atoms with van der Waals surface area (Å²) in [6, 6.07) is 4.15. The first-order valence-electron chi connectivity index (χ1n) is 2.87. The Morgan fingerprint density at radius 2 is 2.50 bits per heavy atom. The maximum Gasteiger partial charge on any atom is 0.0640 e. The van der Waals surface area contributed by atoms with Gasteiger partial charge in [0, 0.05) is 0 Å². The van der Waals surface area contributed by atoms with Crippen molar-refractivity contribution in [2.24, 2.45) is 9.63 Å². The largest absolute Gasteiger partial charge is 0.152 e. The molecule has 0 bridgehead atoms. The van der Waals surface area contributed by atoms with Crippen LogP contribution in [0.25, 0.3) is 0 Å². The van der Waals surface area contributed by atoms with Gasteiger partial charge >= 0.3 is 0 Å². The molecule has 2 nitrogen and oxygen atoms in total. The van der Waals surface area contributed by atoms with Gasteiger partial charge in [0.15, 0.2) is 0 Å². The van der Waals surface area contributed by atoms with Crippen molar-refractivity contribution in [3.63, 3.8) is 0 Å². The Balaban J connectivity index is 2.29. The second kappa shape index (κ2) is 2.56. The quantitative estimate of drug-likeness (QED) is 0.627. The lowest BCUT2D eigenvalue weighted by Crippen LogP contribution is -1.60. The standard InChI is InChI=1S/C6H6N2S2/c1-2-6(9-4-1)10-5-3-7-8-10/h1-5,10H. The van der Waals surface area contributed by atoms with Crippen molar-refractivity contribution in [3.8, 4) is 0 Å². The molecule has 2 rings (SSSR count). The predicted octanol–water partition coefficient (Wildman–Crippen LogP) is 2.96. The molecule has 0 amide bonds. The average Bonchev–Trinajstić information content (AvgIpc) is 2.59. The van der Waals surface area contributed by atoms with E-state index in [0.29, 0.717) is 0 Å². The summed E-state index contributed by atoms with van der Waals surface area (Å²) in [5.41, 5.74) is 0. The van der Waals surface area contributed by atoms with Crippen molar-refractivity contribution in [3.05, 3.63) is 29.1 Å². The Bertz CT molecular complexity index is 251. The number of rotatable bonds is 1. The predicted molar refractivity (Wildman–Crippen MR) is 45.6 cm³/mol. The Morgan fingerprint density at radius 1 is 1.50 bits per heavy atom. The van der Waals surface area contributed by atoms with E-state index in [-0.39, 0.29) is 0 Å². The molecule has 52 valence electrons. The van der Waals surface area contributed by atoms with Gasteiger partial charge in [-0.25, -0.2) is 0 Å². The number of hydrogen-bond acceptors (Lipinski definition) is 3. The fourth-order valence-electron chi connectivity index (χ4n) is 0.726. The number of thiol groups is 1. The minimum absolute atomic E-state index is 0.407. The van der Waals surface area contributed by atoms with E-state index in [1.807, 2.05) is 6.07 Å². The van der Waals surface area contributed by atoms with Crippen molar-refractivity contribution in [2.45, 2.75) is 4.21 Å². The molecule has 0 saturated heterocycles. The first-order valence-corrected chi connectivity index (χ1v) is 5.11. The molecule has 0 aliphatic carbocycles. The summed E-state index contributed by atoms with van der Waals surface area (Å²) in [4.78, 5) is 0. The van der Waals surface area contributed by atoms with Gasteiger partial charge in [0.2, 0.25) is 0 Å². The minimum Gasteiger partial charge on any atom is -0.152 e. The lowest BCUT2D eigenvalue weighted by atomic mass is 10.7. The number of hydrogen-bond donors (Lipinski definition) is 1. The van der Waals surface area contributed by atoms with Crippen molar-refractivity contribution in [1.29, 1.82) is 0 Å². The highest BCUT2D eigenvalue weighted by molar-refractivity contribution is 8.19. The highest BCUT2D eigenvalue weighted by Gasteiger charge is 2.04. The lowest BCUT2D eigenvalue weighted by molar-refractivity contribution is 1.37. The number of thiophene rings is 1. The molecule has 1 aliphatic rings. The second-order valence-electron chi connectivity index (χ2n) is 1.80. The van der Waals surface area contributed by atoms with E-state index in [0.717, 1.165) is 0 Å². The van der Waals surface area contributed by atoms with E-state index in [1.165, 1.54) is 4.21 Å². The Morgan fingerprint density at radius 3 is 3.10 bits per heavy atom. The fourth-order valence-corrected chi connectivity index (χ4v) is 2.98. The van der Waals surface area contributed by atoms with Crippen LogP contribution in [0, 0.1) is 0 Å². The molecule has 0 radical (unpaired) electrons. The van der Waals surface area contributed by atoms with Crippen LogP contribution >= 0.6 is 22.4 Å². The summed E-state index contributed by atoms with van der Waals surface area (Å²) in [7, 11) is 0. The summed E-state index contributed by atoms with van der Waals surface area (Å²) in [6.45, 7) is 0. The van der Waals surface area contributed by atoms with Gasteiger partial charge in [-0.05, 0) is 16.9 Å². The van der Waals surface area contributed by atoms with E-state index >= 15 is 0 Å². The molecule has 0 spiro atoms. The Kier molecular flexibility index (Phi) is 1.56. The normalized spacial score (nSPS) is 25.8. The van der Waals surface area contributed by atoms with Gasteiger partial charge in [0.25, 0.3) is 0 Å². The second-order valence-corrected chi connectivity index (χ2v) is 4.70. The van der Waals surface area contributed by atoms with Crippen LogP contribution in [0.3, 0.4) is 0 Å². The van der Waals surface area contributed by atoms with E-state index in [2.05, 4.69) is 26.5 Å². The van der Waals surface area contributed by atoms with Crippen molar-refractivity contribution >= 4 is 22.4 Å². The molecular weight excluding hydrogens is 164 g/mol. The van der Waals surface area contributed by atoms with Gasteiger partial charge in [-0.3, -0.25) is 0 Å². The zero-order chi connectivity index (χ0) is 6.81. The molecular formula is C6H6N2S2. The van der Waals surface area contributed by atoms with Crippen LogP contribution in [0.1, 0.15) is 0 Å². The summed E-state index contributed by atoms with van der Waals surface area (Å²) in [6.07, 6.45) is 1.77. The SMILES string of the molecule is C1=C[SH](c2cccs2)N=N1. The van der Waals surface area contributed by atoms with E-state index in [9.17, 15) is 0 Å². The molecule has 10 heavy (non-hydrogen) atoms. The molecule has 0 N–H and O–H groups in total. The van der Waals surface area contributed by atoms with Crippen LogP contribution in [-0.4, -0.2) is 0 Å². The highest BCUT2D eigenvalue weighted by atomic mass is 32.2. The van der Waals surface area contributed by atoms with Gasteiger partial charge in [0.1, 0.15) is 0 Å². The first-order chi connectivity index (χ1) is 4.97. The Labute approximate surface area is 65.8 Å². The molecule has 1 atom stereocenters. The van der Waals surface area contributed by atoms with E-state index in [4.69, 9.17) is 0 Å². The molecule has 1 aromatic rings. The first kappa shape index (κ1) is 6.12. The van der Waals surface area contributed by atoms with Gasteiger partial charge in [-0.2, -0.15) is 5.11 Å². The zero-order valence-electron chi connectivity index (χ0n) is 5.14. The van der Waals surface area contributed by atoms with Crippen LogP contribution in [0.15, 0.2) is 43.0 Å². The van der Waals surface area contributed by atoms with Crippen LogP contribution in [-0.2, 0) is 0 Å². The topological polar surface area (TPSA) is 24.7 Å². The van der Waals surface area contributed by atoms with Crippen LogP contribution in [0.2, 0.25) is 0 Å². The van der Waals surface area contributed by atoms with Crippen LogP contribution < -0.4 is 0 Å². The summed E-state index contributed by atoms with van der Waals surface area (Å²) in [5, 5.41) is 7.93. The molecule has 0 fully saturated rings. The van der Waals surface area contributed by atoms with Crippen molar-refractivity contribution in [2.75, 3.05) is 0 Å². The molecule has 0 aromatic carbocycles. The third-order valence-electron chi connectivity index (χ3n) is 1.15. The molecule has 2 heterocycles. The van der Waals surface area contributed by atoms with Crippen molar-refractivity contribution in [1.82, 2.24) is 0 Å². The third kappa shape index (κ3) is 0.998. The monoisotopic (exact) mass is 170 g/mol. The van der Waals surface area contributed by atoms with Crippen LogP contribution in [0.4, 0.5) is 0 Å². The number of nitrogens with zero attached hydrogens (tertiary/aromatic N) is 2. The molecule has 1 unspecified atom stereocenters. The molecule has 1 aliphatic heterocycles. The molecule has 0 saturated carbocycles. The third-order valence-corrected chi connectivity index (χ3v) is 4.02. The Hall–Kier alpha value is -0.610. The van der Waals surface area contributed by atoms with Gasteiger partial charge in [-0.1, -0.05) is 17.1 Å².